The lowest BCUT2D eigenvalue weighted by Crippen LogP contribution is -2.60. The zero-order valence-corrected chi connectivity index (χ0v) is 25.3. The number of ether oxygens (including phenoxy) is 4. The maximum absolute atomic E-state index is 10.5. The smallest absolute Gasteiger partial charge is 0.186 e. The molecular formula is C33H52O8. The zero-order chi connectivity index (χ0) is 28.9. The van der Waals surface area contributed by atoms with Crippen molar-refractivity contribution < 1.29 is 39.4 Å². The van der Waals surface area contributed by atoms with E-state index in [1.807, 2.05) is 0 Å². The largest absolute Gasteiger partial charge is 0.394 e. The molecule has 232 valence electrons. The number of hydrogen-bond donors (Lipinski definition) is 4. The van der Waals surface area contributed by atoms with E-state index < -0.39 is 37.3 Å². The maximum Gasteiger partial charge on any atom is 0.186 e. The lowest BCUT2D eigenvalue weighted by atomic mass is 9.47. The van der Waals surface area contributed by atoms with Crippen molar-refractivity contribution in [3.05, 3.63) is 11.6 Å². The highest BCUT2D eigenvalue weighted by molar-refractivity contribution is 5.26. The van der Waals surface area contributed by atoms with E-state index in [0.29, 0.717) is 47.0 Å². The van der Waals surface area contributed by atoms with E-state index in [-0.39, 0.29) is 17.3 Å². The summed E-state index contributed by atoms with van der Waals surface area (Å²) in [5.74, 6) is 3.28. The Morgan fingerprint density at radius 3 is 2.51 bits per heavy atom. The number of aliphatic hydroxyl groups excluding tert-OH is 4. The molecule has 3 saturated heterocycles. The van der Waals surface area contributed by atoms with Crippen LogP contribution in [0.4, 0.5) is 0 Å². The molecule has 7 rings (SSSR count). The minimum Gasteiger partial charge on any atom is -0.394 e. The lowest BCUT2D eigenvalue weighted by Gasteiger charge is -2.58. The molecule has 3 unspecified atom stereocenters. The topological polar surface area (TPSA) is 118 Å². The molecular weight excluding hydrogens is 524 g/mol. The highest BCUT2D eigenvalue weighted by Gasteiger charge is 2.68. The molecule has 0 bridgehead atoms. The Labute approximate surface area is 244 Å². The maximum atomic E-state index is 10.5. The van der Waals surface area contributed by atoms with Gasteiger partial charge in [-0.05, 0) is 91.8 Å². The van der Waals surface area contributed by atoms with Crippen LogP contribution in [-0.4, -0.2) is 82.3 Å². The molecule has 3 aliphatic heterocycles. The van der Waals surface area contributed by atoms with Crippen LogP contribution in [0.15, 0.2) is 11.6 Å². The molecule has 7 aliphatic rings. The van der Waals surface area contributed by atoms with E-state index in [9.17, 15) is 20.4 Å². The first kappa shape index (κ1) is 29.1. The monoisotopic (exact) mass is 576 g/mol. The van der Waals surface area contributed by atoms with E-state index in [1.54, 1.807) is 0 Å². The minimum absolute atomic E-state index is 0.129. The Hall–Kier alpha value is -0.580. The molecule has 3 saturated carbocycles. The summed E-state index contributed by atoms with van der Waals surface area (Å²) in [4.78, 5) is 0. The molecule has 0 aromatic rings. The highest BCUT2D eigenvalue weighted by atomic mass is 16.7. The highest BCUT2D eigenvalue weighted by Crippen LogP contribution is 2.70. The summed E-state index contributed by atoms with van der Waals surface area (Å²) >= 11 is 0. The quantitative estimate of drug-likeness (QED) is 0.377. The third-order valence-corrected chi connectivity index (χ3v) is 13.5. The van der Waals surface area contributed by atoms with Crippen LogP contribution in [0.25, 0.3) is 0 Å². The van der Waals surface area contributed by atoms with Gasteiger partial charge in [0.25, 0.3) is 0 Å². The summed E-state index contributed by atoms with van der Waals surface area (Å²) in [7, 11) is 0. The van der Waals surface area contributed by atoms with Gasteiger partial charge in [0.1, 0.15) is 24.4 Å². The molecule has 41 heavy (non-hydrogen) atoms. The van der Waals surface area contributed by atoms with E-state index in [0.717, 1.165) is 45.1 Å². The van der Waals surface area contributed by atoms with Crippen LogP contribution in [-0.2, 0) is 18.9 Å². The second kappa shape index (κ2) is 10.2. The summed E-state index contributed by atoms with van der Waals surface area (Å²) in [6, 6.07) is 0. The van der Waals surface area contributed by atoms with Crippen LogP contribution in [0.3, 0.4) is 0 Å². The SMILES string of the molecule is C[C@@H]1CC[C@@]2(OC1)O[C@H]1CC3C4CC=C5C[C@H](O[C@@H]6O[C@H](CO)[C@@H](O)[C@H](O)[C@H]6O)CC[C@]5(C)C4CC[C@]3(C)[C@H]1[C@@H]2C. The van der Waals surface area contributed by atoms with Gasteiger partial charge in [0.2, 0.25) is 0 Å². The van der Waals surface area contributed by atoms with Crippen LogP contribution in [0.5, 0.6) is 0 Å². The van der Waals surface area contributed by atoms with Crippen molar-refractivity contribution >= 4 is 0 Å². The van der Waals surface area contributed by atoms with Crippen molar-refractivity contribution in [2.75, 3.05) is 13.2 Å². The first-order valence-electron chi connectivity index (χ1n) is 16.5. The Morgan fingerprint density at radius 2 is 1.78 bits per heavy atom. The fraction of sp³-hybridized carbons (Fsp3) is 0.939. The summed E-state index contributed by atoms with van der Waals surface area (Å²) in [5, 5.41) is 40.4. The van der Waals surface area contributed by atoms with Crippen LogP contribution >= 0.6 is 0 Å². The van der Waals surface area contributed by atoms with Gasteiger partial charge in [-0.1, -0.05) is 39.3 Å². The molecule has 6 fully saturated rings. The van der Waals surface area contributed by atoms with E-state index in [2.05, 4.69) is 33.8 Å². The first-order valence-corrected chi connectivity index (χ1v) is 16.5. The predicted molar refractivity (Wildman–Crippen MR) is 150 cm³/mol. The molecule has 0 aromatic carbocycles. The number of allylic oxidation sites excluding steroid dienone is 1. The number of rotatable bonds is 3. The van der Waals surface area contributed by atoms with Gasteiger partial charge < -0.3 is 39.4 Å². The van der Waals surface area contributed by atoms with Crippen molar-refractivity contribution in [1.82, 2.24) is 0 Å². The second-order valence-electron chi connectivity index (χ2n) is 15.5. The van der Waals surface area contributed by atoms with E-state index in [4.69, 9.17) is 18.9 Å². The molecule has 16 atom stereocenters. The average molecular weight is 577 g/mol. The van der Waals surface area contributed by atoms with E-state index in [1.165, 1.54) is 24.8 Å². The molecule has 0 amide bonds. The number of fused-ring (bicyclic) bond motifs is 7. The molecule has 4 N–H and O–H groups in total. The lowest BCUT2D eigenvalue weighted by molar-refractivity contribution is -0.313. The number of aliphatic hydroxyl groups is 4. The summed E-state index contributed by atoms with van der Waals surface area (Å²) in [6.45, 7) is 10.1. The molecule has 8 heteroatoms. The fourth-order valence-electron chi connectivity index (χ4n) is 11.1. The van der Waals surface area contributed by atoms with Crippen LogP contribution < -0.4 is 0 Å². The molecule has 0 radical (unpaired) electrons. The van der Waals surface area contributed by atoms with Crippen LogP contribution in [0.2, 0.25) is 0 Å². The van der Waals surface area contributed by atoms with E-state index >= 15 is 0 Å². The van der Waals surface area contributed by atoms with Gasteiger partial charge >= 0.3 is 0 Å². The fourth-order valence-corrected chi connectivity index (χ4v) is 11.1. The summed E-state index contributed by atoms with van der Waals surface area (Å²) in [6.07, 6.45) is 6.24. The van der Waals surface area contributed by atoms with Gasteiger partial charge in [-0.25, -0.2) is 0 Å². The molecule has 0 aromatic heterocycles. The molecule has 8 nitrogen and oxygen atoms in total. The van der Waals surface area contributed by atoms with Gasteiger partial charge in [0.05, 0.1) is 25.4 Å². The summed E-state index contributed by atoms with van der Waals surface area (Å²) in [5.41, 5.74) is 1.91. The zero-order valence-electron chi connectivity index (χ0n) is 25.3. The summed E-state index contributed by atoms with van der Waals surface area (Å²) < 4.78 is 25.3. The van der Waals surface area contributed by atoms with Crippen LogP contribution in [0.1, 0.15) is 85.5 Å². The van der Waals surface area contributed by atoms with Gasteiger partial charge in [0.15, 0.2) is 12.1 Å². The third-order valence-electron chi connectivity index (χ3n) is 13.5. The van der Waals surface area contributed by atoms with Crippen molar-refractivity contribution in [3.8, 4) is 0 Å². The Bertz CT molecular complexity index is 1020. The van der Waals surface area contributed by atoms with Gasteiger partial charge in [-0.3, -0.25) is 0 Å². The van der Waals surface area contributed by atoms with Crippen molar-refractivity contribution in [3.63, 3.8) is 0 Å². The van der Waals surface area contributed by atoms with Gasteiger partial charge in [-0.2, -0.15) is 0 Å². The van der Waals surface area contributed by atoms with Gasteiger partial charge in [-0.15, -0.1) is 0 Å². The number of hydrogen-bond acceptors (Lipinski definition) is 8. The third kappa shape index (κ3) is 4.29. The molecule has 1 spiro atoms. The van der Waals surface area contributed by atoms with Crippen molar-refractivity contribution in [2.45, 2.75) is 134 Å². The Morgan fingerprint density at radius 1 is 0.976 bits per heavy atom. The van der Waals surface area contributed by atoms with Crippen molar-refractivity contribution in [2.24, 2.45) is 46.3 Å². The Balaban J connectivity index is 1.05. The minimum atomic E-state index is -1.41. The van der Waals surface area contributed by atoms with Crippen LogP contribution in [0, 0.1) is 46.3 Å². The standard InChI is InChI=1S/C33H52O8/c1-17-7-12-33(38-16-17)18(2)26-24(41-33)14-23-21-6-5-19-13-20(8-10-31(19,3)22(21)9-11-32(23,26)4)39-30-29(37)28(36)27(35)25(15-34)40-30/h5,17-18,20-30,34-37H,6-16H2,1-4H3/t17-,18+,20-,21?,22?,23?,24+,25-,26+,27-,28+,29-,30-,31+,32+,33-/m1/s1. The predicted octanol–water partition coefficient (Wildman–Crippen LogP) is 3.54. The average Bonchev–Trinajstić information content (AvgIpc) is 3.40. The first-order chi connectivity index (χ1) is 19.5. The van der Waals surface area contributed by atoms with Gasteiger partial charge in [0, 0.05) is 12.3 Å². The molecule has 3 heterocycles. The molecule has 4 aliphatic carbocycles. The Kier molecular flexibility index (Phi) is 7.27. The van der Waals surface area contributed by atoms with Crippen molar-refractivity contribution in [1.29, 1.82) is 0 Å². The second-order valence-corrected chi connectivity index (χ2v) is 15.5. The normalized spacial score (nSPS) is 58.3.